The van der Waals surface area contributed by atoms with E-state index in [-0.39, 0.29) is 6.04 Å². The first-order chi connectivity index (χ1) is 9.26. The molecule has 4 heteroatoms. The SMILES string of the molecule is CCc1ccc([C@H](C)N[C@H]2CCc3[nH]ncc3C2)o1. The van der Waals surface area contributed by atoms with Crippen LogP contribution in [-0.2, 0) is 19.3 Å². The Morgan fingerprint density at radius 1 is 1.53 bits per heavy atom. The van der Waals surface area contributed by atoms with E-state index in [2.05, 4.69) is 41.5 Å². The summed E-state index contributed by atoms with van der Waals surface area (Å²) in [6.45, 7) is 4.28. The summed E-state index contributed by atoms with van der Waals surface area (Å²) >= 11 is 0. The van der Waals surface area contributed by atoms with Crippen molar-refractivity contribution < 1.29 is 4.42 Å². The minimum atomic E-state index is 0.263. The lowest BCUT2D eigenvalue weighted by Crippen LogP contribution is -2.36. The van der Waals surface area contributed by atoms with E-state index < -0.39 is 0 Å². The highest BCUT2D eigenvalue weighted by atomic mass is 16.3. The molecule has 2 atom stereocenters. The zero-order valence-corrected chi connectivity index (χ0v) is 11.6. The number of aryl methyl sites for hydroxylation is 2. The van der Waals surface area contributed by atoms with Gasteiger partial charge in [-0.15, -0.1) is 0 Å². The van der Waals surface area contributed by atoms with Gasteiger partial charge >= 0.3 is 0 Å². The second kappa shape index (κ2) is 5.21. The zero-order valence-electron chi connectivity index (χ0n) is 11.6. The Morgan fingerprint density at radius 3 is 3.21 bits per heavy atom. The Balaban J connectivity index is 1.63. The van der Waals surface area contributed by atoms with Crippen molar-refractivity contribution in [2.45, 2.75) is 51.6 Å². The average molecular weight is 259 g/mol. The molecule has 2 aromatic rings. The van der Waals surface area contributed by atoms with Crippen molar-refractivity contribution >= 4 is 0 Å². The van der Waals surface area contributed by atoms with E-state index in [1.54, 1.807) is 0 Å². The van der Waals surface area contributed by atoms with Crippen molar-refractivity contribution in [1.29, 1.82) is 0 Å². The molecule has 1 aliphatic rings. The van der Waals surface area contributed by atoms with Crippen LogP contribution in [0.25, 0.3) is 0 Å². The maximum atomic E-state index is 5.81. The predicted octanol–water partition coefficient (Wildman–Crippen LogP) is 2.77. The van der Waals surface area contributed by atoms with Crippen LogP contribution in [-0.4, -0.2) is 16.2 Å². The highest BCUT2D eigenvalue weighted by Crippen LogP contribution is 2.23. The van der Waals surface area contributed by atoms with Crippen molar-refractivity contribution in [3.05, 3.63) is 41.1 Å². The molecule has 0 aliphatic heterocycles. The van der Waals surface area contributed by atoms with E-state index in [1.165, 1.54) is 11.3 Å². The molecule has 0 unspecified atom stereocenters. The van der Waals surface area contributed by atoms with Gasteiger partial charge in [0, 0.05) is 18.2 Å². The molecule has 3 rings (SSSR count). The Bertz CT molecular complexity index is 543. The van der Waals surface area contributed by atoms with Gasteiger partial charge in [-0.3, -0.25) is 5.10 Å². The lowest BCUT2D eigenvalue weighted by atomic mass is 9.93. The van der Waals surface area contributed by atoms with Gasteiger partial charge in [-0.05, 0) is 43.9 Å². The van der Waals surface area contributed by atoms with Gasteiger partial charge in [-0.25, -0.2) is 0 Å². The molecule has 2 heterocycles. The molecule has 1 aliphatic carbocycles. The first kappa shape index (κ1) is 12.5. The molecule has 0 spiro atoms. The second-order valence-corrected chi connectivity index (χ2v) is 5.36. The fourth-order valence-electron chi connectivity index (χ4n) is 2.81. The van der Waals surface area contributed by atoms with Gasteiger partial charge in [-0.2, -0.15) is 5.10 Å². The van der Waals surface area contributed by atoms with E-state index in [9.17, 15) is 0 Å². The molecule has 19 heavy (non-hydrogen) atoms. The third-order valence-corrected chi connectivity index (χ3v) is 3.96. The van der Waals surface area contributed by atoms with E-state index in [1.807, 2.05) is 6.20 Å². The maximum absolute atomic E-state index is 5.81. The van der Waals surface area contributed by atoms with Crippen molar-refractivity contribution in [2.75, 3.05) is 0 Å². The number of aromatic nitrogens is 2. The minimum Gasteiger partial charge on any atom is -0.464 e. The highest BCUT2D eigenvalue weighted by Gasteiger charge is 2.22. The molecule has 4 nitrogen and oxygen atoms in total. The summed E-state index contributed by atoms with van der Waals surface area (Å²) in [6, 6.07) is 4.93. The first-order valence-corrected chi connectivity index (χ1v) is 7.12. The van der Waals surface area contributed by atoms with E-state index in [0.29, 0.717) is 6.04 Å². The number of hydrogen-bond acceptors (Lipinski definition) is 3. The molecule has 0 fully saturated rings. The highest BCUT2D eigenvalue weighted by molar-refractivity contribution is 5.21. The van der Waals surface area contributed by atoms with Crippen LogP contribution in [0, 0.1) is 0 Å². The zero-order chi connectivity index (χ0) is 13.2. The standard InChI is InChI=1S/C15H21N3O/c1-3-13-5-7-15(19-13)10(2)17-12-4-6-14-11(8-12)9-16-18-14/h5,7,9-10,12,17H,3-4,6,8H2,1-2H3,(H,16,18)/t10-,12-/m0/s1. The number of rotatable bonds is 4. The Kier molecular flexibility index (Phi) is 3.42. The molecule has 0 saturated heterocycles. The second-order valence-electron chi connectivity index (χ2n) is 5.36. The molecule has 2 N–H and O–H groups in total. The summed E-state index contributed by atoms with van der Waals surface area (Å²) in [5.74, 6) is 2.10. The Hall–Kier alpha value is -1.55. The van der Waals surface area contributed by atoms with Crippen molar-refractivity contribution in [3.8, 4) is 0 Å². The molecular formula is C15H21N3O. The van der Waals surface area contributed by atoms with Crippen LogP contribution in [0.3, 0.4) is 0 Å². The predicted molar refractivity (Wildman–Crippen MR) is 74.0 cm³/mol. The Labute approximate surface area is 113 Å². The van der Waals surface area contributed by atoms with Crippen molar-refractivity contribution in [3.63, 3.8) is 0 Å². The number of fused-ring (bicyclic) bond motifs is 1. The summed E-state index contributed by atoms with van der Waals surface area (Å²) in [4.78, 5) is 0. The van der Waals surface area contributed by atoms with Crippen LogP contribution in [0.15, 0.2) is 22.7 Å². The van der Waals surface area contributed by atoms with Crippen LogP contribution in [0.4, 0.5) is 0 Å². The smallest absolute Gasteiger partial charge is 0.120 e. The average Bonchev–Trinajstić information content (AvgIpc) is 3.06. The van der Waals surface area contributed by atoms with Crippen LogP contribution < -0.4 is 5.32 Å². The molecule has 0 amide bonds. The molecular weight excluding hydrogens is 238 g/mol. The van der Waals surface area contributed by atoms with Gasteiger partial charge in [0.05, 0.1) is 12.2 Å². The topological polar surface area (TPSA) is 53.9 Å². The van der Waals surface area contributed by atoms with E-state index >= 15 is 0 Å². The molecule has 102 valence electrons. The number of nitrogens with zero attached hydrogens (tertiary/aromatic N) is 1. The summed E-state index contributed by atoms with van der Waals surface area (Å²) in [6.07, 6.45) is 6.20. The number of aromatic amines is 1. The molecule has 0 bridgehead atoms. The molecule has 0 aromatic carbocycles. The maximum Gasteiger partial charge on any atom is 0.120 e. The van der Waals surface area contributed by atoms with Gasteiger partial charge in [0.15, 0.2) is 0 Å². The van der Waals surface area contributed by atoms with Crippen LogP contribution in [0.5, 0.6) is 0 Å². The van der Waals surface area contributed by atoms with Crippen molar-refractivity contribution in [1.82, 2.24) is 15.5 Å². The molecule has 0 saturated carbocycles. The summed E-state index contributed by atoms with van der Waals surface area (Å²) < 4.78 is 5.81. The van der Waals surface area contributed by atoms with Gasteiger partial charge in [0.1, 0.15) is 11.5 Å². The first-order valence-electron chi connectivity index (χ1n) is 7.12. The Morgan fingerprint density at radius 2 is 2.42 bits per heavy atom. The number of furan rings is 1. The van der Waals surface area contributed by atoms with Gasteiger partial charge in [0.2, 0.25) is 0 Å². The molecule has 2 aromatic heterocycles. The largest absolute Gasteiger partial charge is 0.464 e. The number of hydrogen-bond donors (Lipinski definition) is 2. The number of nitrogens with one attached hydrogen (secondary N) is 2. The fraction of sp³-hybridized carbons (Fsp3) is 0.533. The van der Waals surface area contributed by atoms with Gasteiger partial charge in [0.25, 0.3) is 0 Å². The van der Waals surface area contributed by atoms with Crippen LogP contribution >= 0.6 is 0 Å². The third kappa shape index (κ3) is 2.59. The minimum absolute atomic E-state index is 0.263. The van der Waals surface area contributed by atoms with Crippen LogP contribution in [0.1, 0.15) is 49.1 Å². The third-order valence-electron chi connectivity index (χ3n) is 3.96. The van der Waals surface area contributed by atoms with E-state index in [0.717, 1.165) is 37.2 Å². The summed E-state index contributed by atoms with van der Waals surface area (Å²) in [5.41, 5.74) is 2.65. The summed E-state index contributed by atoms with van der Waals surface area (Å²) in [5, 5.41) is 10.9. The monoisotopic (exact) mass is 259 g/mol. The van der Waals surface area contributed by atoms with Crippen molar-refractivity contribution in [2.24, 2.45) is 0 Å². The quantitative estimate of drug-likeness (QED) is 0.887. The lowest BCUT2D eigenvalue weighted by Gasteiger charge is -2.25. The van der Waals surface area contributed by atoms with Crippen LogP contribution in [0.2, 0.25) is 0 Å². The molecule has 0 radical (unpaired) electrons. The number of H-pyrrole nitrogens is 1. The summed E-state index contributed by atoms with van der Waals surface area (Å²) in [7, 11) is 0. The lowest BCUT2D eigenvalue weighted by molar-refractivity contribution is 0.357. The van der Waals surface area contributed by atoms with Gasteiger partial charge in [-0.1, -0.05) is 6.92 Å². The normalized spacial score (nSPS) is 20.2. The van der Waals surface area contributed by atoms with Gasteiger partial charge < -0.3 is 9.73 Å². The fourth-order valence-corrected chi connectivity index (χ4v) is 2.81. The van der Waals surface area contributed by atoms with E-state index in [4.69, 9.17) is 4.42 Å².